The summed E-state index contributed by atoms with van der Waals surface area (Å²) >= 11 is 7.80. The molecule has 0 bridgehead atoms. The van der Waals surface area contributed by atoms with E-state index in [9.17, 15) is 9.59 Å². The SMILES string of the molecule is Cc1ccccc1CSCC(=O)N(Cc1cccc(Cl)c1)[C@@H](Cc1ccccc1)C(=O)NC(C)C. The van der Waals surface area contributed by atoms with Crippen molar-refractivity contribution in [3.63, 3.8) is 0 Å². The molecule has 0 aliphatic heterocycles. The lowest BCUT2D eigenvalue weighted by Crippen LogP contribution is -2.52. The van der Waals surface area contributed by atoms with Gasteiger partial charge in [-0.15, -0.1) is 11.8 Å². The molecule has 0 aliphatic carbocycles. The number of carbonyl (C=O) groups is 2. The van der Waals surface area contributed by atoms with Gasteiger partial charge >= 0.3 is 0 Å². The fourth-order valence-electron chi connectivity index (χ4n) is 3.87. The molecule has 0 unspecified atom stereocenters. The summed E-state index contributed by atoms with van der Waals surface area (Å²) in [5.41, 5.74) is 4.32. The van der Waals surface area contributed by atoms with Crippen LogP contribution in [0.2, 0.25) is 5.02 Å². The third kappa shape index (κ3) is 8.44. The molecule has 0 saturated heterocycles. The number of halogens is 1. The van der Waals surface area contributed by atoms with Crippen LogP contribution in [0.25, 0.3) is 0 Å². The maximum absolute atomic E-state index is 13.6. The Morgan fingerprint density at radius 2 is 1.63 bits per heavy atom. The average molecular weight is 509 g/mol. The average Bonchev–Trinajstić information content (AvgIpc) is 2.82. The van der Waals surface area contributed by atoms with Crippen LogP contribution in [0.5, 0.6) is 0 Å². The molecule has 35 heavy (non-hydrogen) atoms. The Morgan fingerprint density at radius 1 is 0.943 bits per heavy atom. The number of thioether (sulfide) groups is 1. The zero-order valence-electron chi connectivity index (χ0n) is 20.5. The molecular formula is C29H33ClN2O2S. The number of amides is 2. The van der Waals surface area contributed by atoms with E-state index in [1.165, 1.54) is 11.1 Å². The Hall–Kier alpha value is -2.76. The molecule has 3 aromatic rings. The molecule has 0 aliphatic rings. The molecule has 0 aromatic heterocycles. The van der Waals surface area contributed by atoms with Gasteiger partial charge in [-0.05, 0) is 55.2 Å². The fraction of sp³-hybridized carbons (Fsp3) is 0.310. The number of nitrogens with one attached hydrogen (secondary N) is 1. The van der Waals surface area contributed by atoms with Gasteiger partial charge in [0, 0.05) is 29.8 Å². The summed E-state index contributed by atoms with van der Waals surface area (Å²) in [6.45, 7) is 6.25. The largest absolute Gasteiger partial charge is 0.352 e. The van der Waals surface area contributed by atoms with Gasteiger partial charge in [0.15, 0.2) is 0 Å². The number of nitrogens with zero attached hydrogens (tertiary/aromatic N) is 1. The first-order chi connectivity index (χ1) is 16.8. The first-order valence-electron chi connectivity index (χ1n) is 11.8. The molecule has 0 fully saturated rings. The number of hydrogen-bond donors (Lipinski definition) is 1. The molecular weight excluding hydrogens is 476 g/mol. The van der Waals surface area contributed by atoms with Crippen molar-refractivity contribution in [2.45, 2.75) is 51.6 Å². The number of carbonyl (C=O) groups excluding carboxylic acids is 2. The number of aryl methyl sites for hydroxylation is 1. The van der Waals surface area contributed by atoms with Gasteiger partial charge in [0.25, 0.3) is 0 Å². The van der Waals surface area contributed by atoms with Gasteiger partial charge in [-0.3, -0.25) is 9.59 Å². The van der Waals surface area contributed by atoms with E-state index in [1.807, 2.05) is 80.6 Å². The molecule has 3 aromatic carbocycles. The predicted octanol–water partition coefficient (Wildman–Crippen LogP) is 6.05. The second-order valence-electron chi connectivity index (χ2n) is 8.94. The highest BCUT2D eigenvalue weighted by Crippen LogP contribution is 2.21. The van der Waals surface area contributed by atoms with Crippen LogP contribution in [0, 0.1) is 6.92 Å². The molecule has 0 saturated carbocycles. The maximum Gasteiger partial charge on any atom is 0.243 e. The van der Waals surface area contributed by atoms with Crippen molar-refractivity contribution in [2.75, 3.05) is 5.75 Å². The lowest BCUT2D eigenvalue weighted by Gasteiger charge is -2.32. The van der Waals surface area contributed by atoms with E-state index in [1.54, 1.807) is 16.7 Å². The van der Waals surface area contributed by atoms with Crippen LogP contribution < -0.4 is 5.32 Å². The van der Waals surface area contributed by atoms with Gasteiger partial charge in [0.05, 0.1) is 5.75 Å². The van der Waals surface area contributed by atoms with E-state index >= 15 is 0 Å². The predicted molar refractivity (Wildman–Crippen MR) is 147 cm³/mol. The standard InChI is InChI=1S/C29H33ClN2O2S/c1-21(2)31-29(34)27(17-23-11-5-4-6-12-23)32(18-24-13-9-15-26(30)16-24)28(33)20-35-19-25-14-8-7-10-22(25)3/h4-16,21,27H,17-20H2,1-3H3,(H,31,34)/t27-/m0/s1. The lowest BCUT2D eigenvalue weighted by atomic mass is 10.0. The smallest absolute Gasteiger partial charge is 0.243 e. The Labute approximate surface area is 218 Å². The molecule has 1 N–H and O–H groups in total. The van der Waals surface area contributed by atoms with Crippen molar-refractivity contribution in [3.05, 3.63) is 106 Å². The highest BCUT2D eigenvalue weighted by Gasteiger charge is 2.30. The van der Waals surface area contributed by atoms with Crippen LogP contribution in [-0.2, 0) is 28.3 Å². The molecule has 184 valence electrons. The highest BCUT2D eigenvalue weighted by molar-refractivity contribution is 7.99. The monoisotopic (exact) mass is 508 g/mol. The lowest BCUT2D eigenvalue weighted by molar-refractivity contribution is -0.139. The third-order valence-corrected chi connectivity index (χ3v) is 6.89. The summed E-state index contributed by atoms with van der Waals surface area (Å²) in [6, 6.07) is 24.8. The second-order valence-corrected chi connectivity index (χ2v) is 10.4. The minimum absolute atomic E-state index is 0.0284. The first-order valence-corrected chi connectivity index (χ1v) is 13.4. The van der Waals surface area contributed by atoms with Crippen molar-refractivity contribution in [3.8, 4) is 0 Å². The van der Waals surface area contributed by atoms with E-state index in [2.05, 4.69) is 24.4 Å². The van der Waals surface area contributed by atoms with E-state index in [4.69, 9.17) is 11.6 Å². The quantitative estimate of drug-likeness (QED) is 0.343. The maximum atomic E-state index is 13.6. The summed E-state index contributed by atoms with van der Waals surface area (Å²) in [5.74, 6) is 0.812. The number of benzene rings is 3. The van der Waals surface area contributed by atoms with Gasteiger partial charge < -0.3 is 10.2 Å². The summed E-state index contributed by atoms with van der Waals surface area (Å²) in [4.78, 5) is 28.7. The third-order valence-electron chi connectivity index (χ3n) is 5.69. The minimum Gasteiger partial charge on any atom is -0.352 e. The van der Waals surface area contributed by atoms with E-state index in [0.717, 1.165) is 16.9 Å². The topological polar surface area (TPSA) is 49.4 Å². The van der Waals surface area contributed by atoms with E-state index < -0.39 is 6.04 Å². The molecule has 1 atom stereocenters. The Morgan fingerprint density at radius 3 is 2.31 bits per heavy atom. The van der Waals surface area contributed by atoms with Gasteiger partial charge in [-0.1, -0.05) is 78.3 Å². The van der Waals surface area contributed by atoms with Gasteiger partial charge in [-0.25, -0.2) is 0 Å². The zero-order valence-corrected chi connectivity index (χ0v) is 22.1. The van der Waals surface area contributed by atoms with E-state index in [0.29, 0.717) is 18.0 Å². The molecule has 0 spiro atoms. The molecule has 6 heteroatoms. The van der Waals surface area contributed by atoms with Crippen LogP contribution in [0.1, 0.15) is 36.1 Å². The highest BCUT2D eigenvalue weighted by atomic mass is 35.5. The molecule has 4 nitrogen and oxygen atoms in total. The van der Waals surface area contributed by atoms with Gasteiger partial charge in [-0.2, -0.15) is 0 Å². The summed E-state index contributed by atoms with van der Waals surface area (Å²) in [7, 11) is 0. The molecule has 0 heterocycles. The molecule has 2 amide bonds. The van der Waals surface area contributed by atoms with Crippen molar-refractivity contribution in [1.29, 1.82) is 0 Å². The number of hydrogen-bond acceptors (Lipinski definition) is 3. The summed E-state index contributed by atoms with van der Waals surface area (Å²) < 4.78 is 0. The van der Waals surface area contributed by atoms with Crippen LogP contribution in [0.15, 0.2) is 78.9 Å². The van der Waals surface area contributed by atoms with Crippen LogP contribution in [-0.4, -0.2) is 34.6 Å². The van der Waals surface area contributed by atoms with Crippen molar-refractivity contribution < 1.29 is 9.59 Å². The van der Waals surface area contributed by atoms with Gasteiger partial charge in [0.1, 0.15) is 6.04 Å². The first kappa shape index (κ1) is 26.8. The molecule has 0 radical (unpaired) electrons. The minimum atomic E-state index is -0.634. The van der Waals surface area contributed by atoms with E-state index in [-0.39, 0.29) is 23.6 Å². The van der Waals surface area contributed by atoms with Crippen molar-refractivity contribution in [2.24, 2.45) is 0 Å². The zero-order chi connectivity index (χ0) is 25.2. The summed E-state index contributed by atoms with van der Waals surface area (Å²) in [5, 5.41) is 3.63. The second kappa shape index (κ2) is 13.4. The Kier molecular flexibility index (Phi) is 10.2. The molecule has 3 rings (SSSR count). The fourth-order valence-corrected chi connectivity index (χ4v) is 5.07. The van der Waals surface area contributed by atoms with Crippen LogP contribution >= 0.6 is 23.4 Å². The van der Waals surface area contributed by atoms with Crippen LogP contribution in [0.3, 0.4) is 0 Å². The van der Waals surface area contributed by atoms with Crippen molar-refractivity contribution >= 4 is 35.2 Å². The number of rotatable bonds is 11. The van der Waals surface area contributed by atoms with Gasteiger partial charge in [0.2, 0.25) is 11.8 Å². The Bertz CT molecular complexity index is 1120. The summed E-state index contributed by atoms with van der Waals surface area (Å²) in [6.07, 6.45) is 0.439. The Balaban J connectivity index is 1.85. The van der Waals surface area contributed by atoms with Crippen molar-refractivity contribution in [1.82, 2.24) is 10.2 Å². The normalized spacial score (nSPS) is 11.8. The van der Waals surface area contributed by atoms with Crippen LogP contribution in [0.4, 0.5) is 0 Å².